The minimum atomic E-state index is -0.544. The molecule has 1 aliphatic carbocycles. The second-order valence-corrected chi connectivity index (χ2v) is 15.2. The van der Waals surface area contributed by atoms with Gasteiger partial charge in [0.2, 0.25) is 0 Å². The third-order valence-corrected chi connectivity index (χ3v) is 11.8. The fraction of sp³-hybridized carbons (Fsp3) is 0.0536. The molecule has 0 fully saturated rings. The SMILES string of the molecule is Cc1cc(-c2ccccc2)cc(-c2cccc(C3(c4ccccc4)c4ccccc4-c4c(-c5ccccc5-c5cccc(-c6cccnc6C)c5)cccc43)c2)c1. The minimum Gasteiger partial charge on any atom is -0.261 e. The zero-order chi connectivity index (χ0) is 38.3. The van der Waals surface area contributed by atoms with E-state index in [4.69, 9.17) is 0 Å². The standard InChI is InChI=1S/C56H41N/c1-38-33-44(40-17-5-3-6-18-40)36-45(34-38)41-19-14-24-47(37-41)56(46-22-7-4-8-23-46)53-30-12-11-27-52(53)55-51(28-15-31-54(55)56)50-26-10-9-25-49(50)43-21-13-20-42(35-43)48-29-16-32-57-39(48)2/h3-37H,1-2H3. The molecule has 0 N–H and O–H groups in total. The number of aryl methyl sites for hydroxylation is 2. The van der Waals surface area contributed by atoms with E-state index in [1.54, 1.807) is 0 Å². The summed E-state index contributed by atoms with van der Waals surface area (Å²) in [5.74, 6) is 0. The van der Waals surface area contributed by atoms with Gasteiger partial charge in [-0.2, -0.15) is 0 Å². The lowest BCUT2D eigenvalue weighted by Gasteiger charge is -2.34. The summed E-state index contributed by atoms with van der Waals surface area (Å²) in [5.41, 5.74) is 21.5. The monoisotopic (exact) mass is 727 g/mol. The summed E-state index contributed by atoms with van der Waals surface area (Å²) in [6.45, 7) is 4.28. The first-order valence-electron chi connectivity index (χ1n) is 19.8. The van der Waals surface area contributed by atoms with Crippen LogP contribution in [0.4, 0.5) is 0 Å². The molecule has 0 bridgehead atoms. The smallest absolute Gasteiger partial charge is 0.0714 e. The molecule has 270 valence electrons. The maximum Gasteiger partial charge on any atom is 0.0714 e. The van der Waals surface area contributed by atoms with E-state index < -0.39 is 5.41 Å². The Bertz CT molecular complexity index is 2920. The van der Waals surface area contributed by atoms with Crippen molar-refractivity contribution in [1.29, 1.82) is 0 Å². The molecule has 0 radical (unpaired) electrons. The van der Waals surface area contributed by atoms with Crippen molar-refractivity contribution in [2.24, 2.45) is 0 Å². The van der Waals surface area contributed by atoms with Crippen molar-refractivity contribution in [3.8, 4) is 66.8 Å². The summed E-state index contributed by atoms with van der Waals surface area (Å²) >= 11 is 0. The molecule has 0 aliphatic heterocycles. The Labute approximate surface area is 335 Å². The molecule has 1 atom stereocenters. The van der Waals surface area contributed by atoms with Crippen LogP contribution in [0.15, 0.2) is 212 Å². The van der Waals surface area contributed by atoms with Crippen LogP contribution in [0, 0.1) is 13.8 Å². The normalized spacial score (nSPS) is 14.2. The van der Waals surface area contributed by atoms with Crippen molar-refractivity contribution in [3.05, 3.63) is 246 Å². The maximum absolute atomic E-state index is 4.59. The van der Waals surface area contributed by atoms with E-state index in [9.17, 15) is 0 Å². The van der Waals surface area contributed by atoms with Gasteiger partial charge < -0.3 is 0 Å². The van der Waals surface area contributed by atoms with Gasteiger partial charge >= 0.3 is 0 Å². The fourth-order valence-corrected chi connectivity index (χ4v) is 9.32. The van der Waals surface area contributed by atoms with Crippen LogP contribution >= 0.6 is 0 Å². The van der Waals surface area contributed by atoms with Crippen LogP contribution in [0.3, 0.4) is 0 Å². The van der Waals surface area contributed by atoms with Gasteiger partial charge in [-0.05, 0) is 127 Å². The first kappa shape index (κ1) is 34.4. The topological polar surface area (TPSA) is 12.9 Å². The second kappa shape index (κ2) is 14.2. The number of pyridine rings is 1. The Morgan fingerprint density at radius 1 is 0.333 bits per heavy atom. The van der Waals surface area contributed by atoms with Gasteiger partial charge in [0.25, 0.3) is 0 Å². The quantitative estimate of drug-likeness (QED) is 0.159. The highest BCUT2D eigenvalue weighted by Crippen LogP contribution is 2.59. The molecule has 0 saturated carbocycles. The number of aromatic nitrogens is 1. The second-order valence-electron chi connectivity index (χ2n) is 15.2. The van der Waals surface area contributed by atoms with Crippen molar-refractivity contribution in [2.75, 3.05) is 0 Å². The van der Waals surface area contributed by atoms with E-state index in [1.165, 1.54) is 89.0 Å². The molecular formula is C56H41N. The van der Waals surface area contributed by atoms with Crippen LogP contribution in [-0.2, 0) is 5.41 Å². The summed E-state index contributed by atoms with van der Waals surface area (Å²) < 4.78 is 0. The molecule has 1 unspecified atom stereocenters. The fourth-order valence-electron chi connectivity index (χ4n) is 9.32. The van der Waals surface area contributed by atoms with Gasteiger partial charge in [-0.3, -0.25) is 4.98 Å². The number of nitrogens with zero attached hydrogens (tertiary/aromatic N) is 1. The lowest BCUT2D eigenvalue weighted by atomic mass is 9.67. The van der Waals surface area contributed by atoms with Gasteiger partial charge in [-0.1, -0.05) is 182 Å². The first-order valence-corrected chi connectivity index (χ1v) is 19.8. The Hall–Kier alpha value is -7.09. The lowest BCUT2D eigenvalue weighted by molar-refractivity contribution is 0.769. The van der Waals surface area contributed by atoms with Gasteiger partial charge in [0.15, 0.2) is 0 Å². The zero-order valence-electron chi connectivity index (χ0n) is 32.2. The van der Waals surface area contributed by atoms with E-state index in [1.807, 2.05) is 12.3 Å². The Morgan fingerprint density at radius 3 is 1.65 bits per heavy atom. The van der Waals surface area contributed by atoms with Crippen LogP contribution in [0.2, 0.25) is 0 Å². The predicted octanol–water partition coefficient (Wildman–Crippen LogP) is 14.4. The first-order chi connectivity index (χ1) is 28.1. The summed E-state index contributed by atoms with van der Waals surface area (Å²) in [7, 11) is 0. The molecule has 0 spiro atoms. The molecular weight excluding hydrogens is 687 g/mol. The average Bonchev–Trinajstić information content (AvgIpc) is 3.58. The molecule has 9 aromatic rings. The highest BCUT2D eigenvalue weighted by Gasteiger charge is 2.47. The Kier molecular flexibility index (Phi) is 8.57. The summed E-state index contributed by atoms with van der Waals surface area (Å²) in [4.78, 5) is 4.59. The lowest BCUT2D eigenvalue weighted by Crippen LogP contribution is -2.28. The Morgan fingerprint density at radius 2 is 0.860 bits per heavy atom. The van der Waals surface area contributed by atoms with Crippen LogP contribution in [0.25, 0.3) is 66.8 Å². The van der Waals surface area contributed by atoms with Gasteiger partial charge in [-0.15, -0.1) is 0 Å². The van der Waals surface area contributed by atoms with Crippen molar-refractivity contribution in [2.45, 2.75) is 19.3 Å². The third kappa shape index (κ3) is 5.83. The Balaban J connectivity index is 1.19. The number of fused-ring (bicyclic) bond motifs is 3. The molecule has 57 heavy (non-hydrogen) atoms. The third-order valence-electron chi connectivity index (χ3n) is 11.8. The molecule has 10 rings (SSSR count). The largest absolute Gasteiger partial charge is 0.261 e. The van der Waals surface area contributed by atoms with E-state index in [-0.39, 0.29) is 0 Å². The summed E-state index contributed by atoms with van der Waals surface area (Å²) in [6.07, 6.45) is 1.86. The number of hydrogen-bond donors (Lipinski definition) is 0. The van der Waals surface area contributed by atoms with Gasteiger partial charge in [-0.25, -0.2) is 0 Å². The van der Waals surface area contributed by atoms with Crippen LogP contribution < -0.4 is 0 Å². The van der Waals surface area contributed by atoms with Crippen molar-refractivity contribution in [1.82, 2.24) is 4.98 Å². The van der Waals surface area contributed by atoms with Crippen LogP contribution in [-0.4, -0.2) is 4.98 Å². The number of rotatable bonds is 7. The zero-order valence-corrected chi connectivity index (χ0v) is 32.2. The van der Waals surface area contributed by atoms with E-state index in [0.717, 1.165) is 11.3 Å². The highest BCUT2D eigenvalue weighted by atomic mass is 14.7. The minimum absolute atomic E-state index is 0.544. The van der Waals surface area contributed by atoms with Crippen molar-refractivity contribution in [3.63, 3.8) is 0 Å². The van der Waals surface area contributed by atoms with Gasteiger partial charge in [0.1, 0.15) is 0 Å². The highest BCUT2D eigenvalue weighted by molar-refractivity contribution is 5.99. The summed E-state index contributed by atoms with van der Waals surface area (Å²) in [5, 5.41) is 0. The molecule has 1 aromatic heterocycles. The molecule has 1 aliphatic rings. The van der Waals surface area contributed by atoms with Gasteiger partial charge in [0.05, 0.1) is 5.41 Å². The number of benzene rings is 8. The van der Waals surface area contributed by atoms with E-state index in [0.29, 0.717) is 0 Å². The molecule has 0 saturated heterocycles. The molecule has 1 heteroatoms. The van der Waals surface area contributed by atoms with Crippen molar-refractivity contribution >= 4 is 0 Å². The predicted molar refractivity (Wildman–Crippen MR) is 238 cm³/mol. The summed E-state index contributed by atoms with van der Waals surface area (Å²) in [6, 6.07) is 76.1. The van der Waals surface area contributed by atoms with E-state index in [2.05, 4.69) is 219 Å². The van der Waals surface area contributed by atoms with Crippen molar-refractivity contribution < 1.29 is 0 Å². The molecule has 1 nitrogen and oxygen atoms in total. The van der Waals surface area contributed by atoms with Crippen LogP contribution in [0.1, 0.15) is 33.5 Å². The average molecular weight is 728 g/mol. The molecule has 0 amide bonds. The van der Waals surface area contributed by atoms with E-state index >= 15 is 0 Å². The maximum atomic E-state index is 4.59. The number of hydrogen-bond acceptors (Lipinski definition) is 1. The van der Waals surface area contributed by atoms with Gasteiger partial charge in [0, 0.05) is 17.5 Å². The molecule has 8 aromatic carbocycles. The molecule has 1 heterocycles. The van der Waals surface area contributed by atoms with Crippen LogP contribution in [0.5, 0.6) is 0 Å².